The molecule has 1 rings (SSSR count). The Kier molecular flexibility index (Phi) is 7.01. The average Bonchev–Trinajstić information content (AvgIpc) is 2.82. The van der Waals surface area contributed by atoms with Crippen molar-refractivity contribution in [3.8, 4) is 0 Å². The quantitative estimate of drug-likeness (QED) is 0.760. The van der Waals surface area contributed by atoms with Gasteiger partial charge in [0.15, 0.2) is 0 Å². The average molecular weight is 347 g/mol. The Labute approximate surface area is 130 Å². The summed E-state index contributed by atoms with van der Waals surface area (Å²) in [7, 11) is 2.09. The number of nitrogens with zero attached hydrogens (tertiary/aromatic N) is 1. The lowest BCUT2D eigenvalue weighted by molar-refractivity contribution is 0.0733. The van der Waals surface area contributed by atoms with E-state index < -0.39 is 0 Å². The smallest absolute Gasteiger partial charge is 0.0701 e. The summed E-state index contributed by atoms with van der Waals surface area (Å²) in [5.41, 5.74) is 0.203. The second kappa shape index (κ2) is 7.77. The maximum absolute atomic E-state index is 3.56. The largest absolute Gasteiger partial charge is 0.315 e. The molecule has 0 saturated carbocycles. The van der Waals surface area contributed by atoms with Crippen LogP contribution in [0.4, 0.5) is 0 Å². The van der Waals surface area contributed by atoms with Crippen molar-refractivity contribution in [2.45, 2.75) is 52.1 Å². The number of hydrogen-bond acceptors (Lipinski definition) is 3. The van der Waals surface area contributed by atoms with E-state index in [9.17, 15) is 0 Å². The lowest BCUT2D eigenvalue weighted by atomic mass is 9.85. The first-order chi connectivity index (χ1) is 9.01. The fourth-order valence-corrected chi connectivity index (χ4v) is 4.46. The van der Waals surface area contributed by atoms with E-state index in [0.29, 0.717) is 6.04 Å². The zero-order valence-corrected chi connectivity index (χ0v) is 15.2. The van der Waals surface area contributed by atoms with E-state index in [4.69, 9.17) is 0 Å². The molecule has 0 amide bonds. The topological polar surface area (TPSA) is 15.3 Å². The van der Waals surface area contributed by atoms with Gasteiger partial charge in [0, 0.05) is 16.5 Å². The van der Waals surface area contributed by atoms with Gasteiger partial charge in [-0.1, -0.05) is 20.8 Å². The Hall–Kier alpha value is 0.1000. The predicted octanol–water partition coefficient (Wildman–Crippen LogP) is 4.15. The number of likely N-dealkylation sites (N-methyl/N-ethyl adjacent to an activating group) is 2. The summed E-state index contributed by atoms with van der Waals surface area (Å²) in [5.74, 6) is 0. The standard InChI is InChI=1S/C15H27BrN2S/c1-6-15(4,18(7-2)8-3)13(17-5)11-12-9-10-14(16)19-12/h9-10,13,17H,6-8,11H2,1-5H3. The molecule has 1 N–H and O–H groups in total. The van der Waals surface area contributed by atoms with Gasteiger partial charge in [0.25, 0.3) is 0 Å². The van der Waals surface area contributed by atoms with Gasteiger partial charge in [0.2, 0.25) is 0 Å². The Morgan fingerprint density at radius 1 is 1.32 bits per heavy atom. The minimum absolute atomic E-state index is 0.203. The van der Waals surface area contributed by atoms with Crippen molar-refractivity contribution in [1.82, 2.24) is 10.2 Å². The number of hydrogen-bond donors (Lipinski definition) is 1. The van der Waals surface area contributed by atoms with E-state index in [-0.39, 0.29) is 5.54 Å². The minimum Gasteiger partial charge on any atom is -0.315 e. The molecule has 0 aliphatic rings. The normalized spacial score (nSPS) is 16.6. The molecule has 0 aliphatic heterocycles. The molecular weight excluding hydrogens is 320 g/mol. The van der Waals surface area contributed by atoms with Crippen LogP contribution in [-0.2, 0) is 6.42 Å². The van der Waals surface area contributed by atoms with Crippen LogP contribution in [0.1, 0.15) is 39.0 Å². The summed E-state index contributed by atoms with van der Waals surface area (Å²) in [6.07, 6.45) is 2.25. The number of rotatable bonds is 8. The number of thiophene rings is 1. The van der Waals surface area contributed by atoms with Gasteiger partial charge >= 0.3 is 0 Å². The van der Waals surface area contributed by atoms with Crippen molar-refractivity contribution in [2.75, 3.05) is 20.1 Å². The molecule has 1 aromatic heterocycles. The molecular formula is C15H27BrN2S. The van der Waals surface area contributed by atoms with Crippen molar-refractivity contribution in [2.24, 2.45) is 0 Å². The van der Waals surface area contributed by atoms with Crippen LogP contribution in [-0.4, -0.2) is 36.6 Å². The van der Waals surface area contributed by atoms with Crippen LogP contribution < -0.4 is 5.32 Å². The Morgan fingerprint density at radius 2 is 1.95 bits per heavy atom. The van der Waals surface area contributed by atoms with E-state index in [0.717, 1.165) is 25.9 Å². The molecule has 0 fully saturated rings. The van der Waals surface area contributed by atoms with Crippen LogP contribution in [0, 0.1) is 0 Å². The third kappa shape index (κ3) is 4.03. The molecule has 110 valence electrons. The lowest BCUT2D eigenvalue weighted by Gasteiger charge is -2.45. The van der Waals surface area contributed by atoms with Crippen LogP contribution >= 0.6 is 27.3 Å². The molecule has 1 heterocycles. The Bertz CT molecular complexity index is 376. The molecule has 0 bridgehead atoms. The summed E-state index contributed by atoms with van der Waals surface area (Å²) in [6, 6.07) is 4.85. The van der Waals surface area contributed by atoms with E-state index >= 15 is 0 Å². The Morgan fingerprint density at radius 3 is 2.32 bits per heavy atom. The predicted molar refractivity (Wildman–Crippen MR) is 90.2 cm³/mol. The van der Waals surface area contributed by atoms with Crippen molar-refractivity contribution in [3.05, 3.63) is 20.8 Å². The van der Waals surface area contributed by atoms with Gasteiger partial charge < -0.3 is 5.32 Å². The molecule has 0 spiro atoms. The molecule has 2 nitrogen and oxygen atoms in total. The van der Waals surface area contributed by atoms with E-state index in [1.165, 1.54) is 8.66 Å². The molecule has 1 aromatic rings. The summed E-state index contributed by atoms with van der Waals surface area (Å²) in [4.78, 5) is 4.02. The van der Waals surface area contributed by atoms with Crippen molar-refractivity contribution in [1.29, 1.82) is 0 Å². The monoisotopic (exact) mass is 346 g/mol. The molecule has 0 radical (unpaired) electrons. The highest BCUT2D eigenvalue weighted by Gasteiger charge is 2.36. The third-order valence-corrected chi connectivity index (χ3v) is 5.98. The number of halogens is 1. The fourth-order valence-electron chi connectivity index (χ4n) is 2.93. The second-order valence-corrected chi connectivity index (χ2v) is 7.68. The maximum atomic E-state index is 3.56. The molecule has 19 heavy (non-hydrogen) atoms. The molecule has 2 unspecified atom stereocenters. The first-order valence-electron chi connectivity index (χ1n) is 7.18. The zero-order chi connectivity index (χ0) is 14.5. The van der Waals surface area contributed by atoms with E-state index in [2.05, 4.69) is 73.0 Å². The van der Waals surface area contributed by atoms with Gasteiger partial charge in [-0.05, 0) is 68.0 Å². The van der Waals surface area contributed by atoms with Crippen molar-refractivity contribution < 1.29 is 0 Å². The molecule has 0 aromatic carbocycles. The van der Waals surface area contributed by atoms with E-state index in [1.807, 2.05) is 11.3 Å². The summed E-state index contributed by atoms with van der Waals surface area (Å²) in [5, 5.41) is 3.55. The molecule has 4 heteroatoms. The van der Waals surface area contributed by atoms with Gasteiger partial charge in [0.1, 0.15) is 0 Å². The summed E-state index contributed by atoms with van der Waals surface area (Å²) in [6.45, 7) is 11.4. The van der Waals surface area contributed by atoms with Crippen molar-refractivity contribution >= 4 is 27.3 Å². The first kappa shape index (κ1) is 17.2. The highest BCUT2D eigenvalue weighted by molar-refractivity contribution is 9.11. The van der Waals surface area contributed by atoms with Crippen LogP contribution in [0.3, 0.4) is 0 Å². The van der Waals surface area contributed by atoms with Gasteiger partial charge in [-0.2, -0.15) is 0 Å². The fraction of sp³-hybridized carbons (Fsp3) is 0.733. The van der Waals surface area contributed by atoms with Gasteiger partial charge in [-0.25, -0.2) is 0 Å². The highest BCUT2D eigenvalue weighted by atomic mass is 79.9. The van der Waals surface area contributed by atoms with Gasteiger partial charge in [-0.3, -0.25) is 4.90 Å². The Balaban J connectivity index is 2.91. The second-order valence-electron chi connectivity index (χ2n) is 5.13. The number of nitrogens with one attached hydrogen (secondary N) is 1. The minimum atomic E-state index is 0.203. The van der Waals surface area contributed by atoms with Crippen LogP contribution in [0.25, 0.3) is 0 Å². The molecule has 0 saturated heterocycles. The summed E-state index contributed by atoms with van der Waals surface area (Å²) < 4.78 is 1.22. The van der Waals surface area contributed by atoms with Crippen molar-refractivity contribution in [3.63, 3.8) is 0 Å². The first-order valence-corrected chi connectivity index (χ1v) is 8.79. The highest BCUT2D eigenvalue weighted by Crippen LogP contribution is 2.29. The van der Waals surface area contributed by atoms with Gasteiger partial charge in [-0.15, -0.1) is 11.3 Å². The van der Waals surface area contributed by atoms with E-state index in [1.54, 1.807) is 0 Å². The SMILES string of the molecule is CCN(CC)C(C)(CC)C(Cc1ccc(Br)s1)NC. The molecule has 0 aliphatic carbocycles. The van der Waals surface area contributed by atoms with Crippen LogP contribution in [0.15, 0.2) is 15.9 Å². The maximum Gasteiger partial charge on any atom is 0.0701 e. The summed E-state index contributed by atoms with van der Waals surface area (Å²) >= 11 is 5.40. The third-order valence-electron chi connectivity index (χ3n) is 4.33. The van der Waals surface area contributed by atoms with Crippen LogP contribution in [0.2, 0.25) is 0 Å². The molecule has 2 atom stereocenters. The van der Waals surface area contributed by atoms with Gasteiger partial charge in [0.05, 0.1) is 3.79 Å². The zero-order valence-electron chi connectivity index (χ0n) is 12.8. The lowest BCUT2D eigenvalue weighted by Crippen LogP contribution is -2.59. The van der Waals surface area contributed by atoms with Crippen LogP contribution in [0.5, 0.6) is 0 Å².